The second kappa shape index (κ2) is 10.9. The molecule has 0 aromatic heterocycles. The predicted molar refractivity (Wildman–Crippen MR) is 122 cm³/mol. The summed E-state index contributed by atoms with van der Waals surface area (Å²) in [5, 5.41) is 3.02. The number of unbranched alkanes of at least 4 members (excludes halogenated alkanes) is 2. The lowest BCUT2D eigenvalue weighted by Crippen LogP contribution is -2.45. The van der Waals surface area contributed by atoms with Crippen LogP contribution in [0.4, 0.5) is 0 Å². The lowest BCUT2D eigenvalue weighted by molar-refractivity contribution is -0.155. The van der Waals surface area contributed by atoms with Crippen LogP contribution in [0, 0.1) is 5.92 Å². The largest absolute Gasteiger partial charge is 0.453 e. The summed E-state index contributed by atoms with van der Waals surface area (Å²) in [4.78, 5) is 29.0. The minimum atomic E-state index is -3.52. The number of amides is 1. The van der Waals surface area contributed by atoms with Crippen molar-refractivity contribution in [3.05, 3.63) is 29.8 Å². The number of nitrogens with one attached hydrogen (secondary N) is 2. The normalized spacial score (nSPS) is 23.8. The summed E-state index contributed by atoms with van der Waals surface area (Å²) in [6.45, 7) is 4.21. The molecule has 1 amide bonds. The molecule has 0 spiro atoms. The number of carbonyl (C=O) groups is 2. The molecule has 0 saturated heterocycles. The van der Waals surface area contributed by atoms with Gasteiger partial charge in [0.25, 0.3) is 15.9 Å². The first kappa shape index (κ1) is 24.2. The molecule has 9 heteroatoms. The Labute approximate surface area is 190 Å². The van der Waals surface area contributed by atoms with Crippen molar-refractivity contribution in [2.45, 2.75) is 82.3 Å². The second-order valence-corrected chi connectivity index (χ2v) is 10.3. The van der Waals surface area contributed by atoms with Crippen LogP contribution < -0.4 is 10.0 Å². The molecule has 0 bridgehead atoms. The smallest absolute Gasteiger partial charge is 0.306 e. The predicted octanol–water partition coefficient (Wildman–Crippen LogP) is 2.91. The molecule has 1 aliphatic carbocycles. The molecule has 1 heterocycles. The molecule has 8 nitrogen and oxygen atoms in total. The van der Waals surface area contributed by atoms with Crippen LogP contribution in [-0.4, -0.2) is 44.8 Å². The first-order chi connectivity index (χ1) is 15.3. The Morgan fingerprint density at radius 2 is 1.94 bits per heavy atom. The van der Waals surface area contributed by atoms with Gasteiger partial charge in [0.15, 0.2) is 6.10 Å². The third kappa shape index (κ3) is 6.31. The van der Waals surface area contributed by atoms with Crippen molar-refractivity contribution in [2.24, 2.45) is 10.9 Å². The minimum absolute atomic E-state index is 0.162. The number of sulfonamides is 1. The first-order valence-corrected chi connectivity index (χ1v) is 12.9. The van der Waals surface area contributed by atoms with Crippen molar-refractivity contribution in [1.82, 2.24) is 10.0 Å². The lowest BCUT2D eigenvalue weighted by atomic mass is 9.86. The summed E-state index contributed by atoms with van der Waals surface area (Å²) >= 11 is 0. The highest BCUT2D eigenvalue weighted by Crippen LogP contribution is 2.24. The third-order valence-corrected chi connectivity index (χ3v) is 7.49. The van der Waals surface area contributed by atoms with Gasteiger partial charge in [0.2, 0.25) is 0 Å². The van der Waals surface area contributed by atoms with E-state index >= 15 is 0 Å². The summed E-state index contributed by atoms with van der Waals surface area (Å²) < 4.78 is 31.9. The van der Waals surface area contributed by atoms with E-state index < -0.39 is 16.1 Å². The number of esters is 1. The average molecular weight is 464 g/mol. The van der Waals surface area contributed by atoms with Gasteiger partial charge in [-0.25, -0.2) is 8.42 Å². The highest BCUT2D eigenvalue weighted by Gasteiger charge is 2.30. The van der Waals surface area contributed by atoms with E-state index in [0.717, 1.165) is 32.1 Å². The van der Waals surface area contributed by atoms with Crippen LogP contribution in [-0.2, 0) is 24.3 Å². The fourth-order valence-electron chi connectivity index (χ4n) is 4.14. The van der Waals surface area contributed by atoms with E-state index in [1.54, 1.807) is 31.2 Å². The number of fused-ring (bicyclic) bond motifs is 1. The molecular formula is C23H33N3O5S. The zero-order chi connectivity index (χ0) is 23.1. The Morgan fingerprint density at radius 3 is 2.72 bits per heavy atom. The molecule has 0 radical (unpaired) electrons. The van der Waals surface area contributed by atoms with Gasteiger partial charge in [0.05, 0.1) is 4.90 Å². The van der Waals surface area contributed by atoms with Gasteiger partial charge < -0.3 is 10.1 Å². The van der Waals surface area contributed by atoms with E-state index in [2.05, 4.69) is 22.0 Å². The van der Waals surface area contributed by atoms with Crippen molar-refractivity contribution in [3.8, 4) is 0 Å². The van der Waals surface area contributed by atoms with Crippen molar-refractivity contribution >= 4 is 27.7 Å². The molecule has 2 aliphatic rings. The Morgan fingerprint density at radius 1 is 1.19 bits per heavy atom. The monoisotopic (exact) mass is 463 g/mol. The second-order valence-electron chi connectivity index (χ2n) is 8.65. The van der Waals surface area contributed by atoms with E-state index in [4.69, 9.17) is 4.74 Å². The van der Waals surface area contributed by atoms with Crippen LogP contribution in [0.25, 0.3) is 0 Å². The van der Waals surface area contributed by atoms with E-state index in [-0.39, 0.29) is 29.2 Å². The molecule has 3 unspecified atom stereocenters. The van der Waals surface area contributed by atoms with Gasteiger partial charge in [0, 0.05) is 24.6 Å². The number of amidine groups is 1. The van der Waals surface area contributed by atoms with Gasteiger partial charge in [-0.2, -0.15) is 0 Å². The third-order valence-electron chi connectivity index (χ3n) is 6.09. The van der Waals surface area contributed by atoms with E-state index in [9.17, 15) is 18.0 Å². The van der Waals surface area contributed by atoms with Crippen LogP contribution >= 0.6 is 0 Å². The first-order valence-electron chi connectivity index (χ1n) is 11.4. The standard InChI is InChI=1S/C23H33N3O5S/c1-16-10-5-7-12-19(16)25-23(28)17(2)31-21(27)14-4-3-9-15-24-22-18-11-6-8-13-20(18)32(29,30)26-22/h6,8,11,13,16-17,19H,3-5,7,9-10,12,14-15H2,1-2H3,(H,24,26)(H,25,28). The number of hydrogen-bond donors (Lipinski definition) is 2. The SMILES string of the molecule is CC(OC(=O)CCCCCN=C1NS(=O)(=O)c2ccccc21)C(=O)NC1CCCCC1C. The van der Waals surface area contributed by atoms with Crippen molar-refractivity contribution in [3.63, 3.8) is 0 Å². The summed E-state index contributed by atoms with van der Waals surface area (Å²) in [6, 6.07) is 6.91. The fourth-order valence-corrected chi connectivity index (χ4v) is 5.39. The average Bonchev–Trinajstić information content (AvgIpc) is 3.02. The zero-order valence-electron chi connectivity index (χ0n) is 18.8. The number of aliphatic imine (C=N–C) groups is 1. The number of ether oxygens (including phenoxy) is 1. The maximum atomic E-state index is 12.3. The Hall–Kier alpha value is -2.42. The van der Waals surface area contributed by atoms with Crippen LogP contribution in [0.1, 0.15) is 70.8 Å². The number of benzene rings is 1. The summed E-state index contributed by atoms with van der Waals surface area (Å²) in [5.74, 6) is 0.208. The molecular weight excluding hydrogens is 430 g/mol. The summed E-state index contributed by atoms with van der Waals surface area (Å²) in [5.41, 5.74) is 0.589. The molecule has 1 fully saturated rings. The molecule has 2 N–H and O–H groups in total. The minimum Gasteiger partial charge on any atom is -0.453 e. The number of hydrogen-bond acceptors (Lipinski definition) is 6. The van der Waals surface area contributed by atoms with Gasteiger partial charge in [-0.05, 0) is 50.7 Å². The summed E-state index contributed by atoms with van der Waals surface area (Å²) in [7, 11) is -3.52. The van der Waals surface area contributed by atoms with Gasteiger partial charge >= 0.3 is 5.97 Å². The van der Waals surface area contributed by atoms with Crippen molar-refractivity contribution < 1.29 is 22.7 Å². The van der Waals surface area contributed by atoms with Crippen molar-refractivity contribution in [2.75, 3.05) is 6.54 Å². The fraction of sp³-hybridized carbons (Fsp3) is 0.609. The molecule has 32 heavy (non-hydrogen) atoms. The molecule has 3 rings (SSSR count). The van der Waals surface area contributed by atoms with Crippen LogP contribution in [0.3, 0.4) is 0 Å². The maximum Gasteiger partial charge on any atom is 0.306 e. The number of rotatable bonds is 9. The van der Waals surface area contributed by atoms with E-state index in [1.807, 2.05) is 0 Å². The highest BCUT2D eigenvalue weighted by atomic mass is 32.2. The maximum absolute atomic E-state index is 12.3. The molecule has 1 aliphatic heterocycles. The van der Waals surface area contributed by atoms with Crippen LogP contribution in [0.15, 0.2) is 34.2 Å². The van der Waals surface area contributed by atoms with Crippen molar-refractivity contribution in [1.29, 1.82) is 0 Å². The number of carbonyl (C=O) groups excluding carboxylic acids is 2. The topological polar surface area (TPSA) is 114 Å². The van der Waals surface area contributed by atoms with Crippen LogP contribution in [0.2, 0.25) is 0 Å². The highest BCUT2D eigenvalue weighted by molar-refractivity contribution is 7.90. The Bertz CT molecular complexity index is 960. The van der Waals surface area contributed by atoms with Crippen LogP contribution in [0.5, 0.6) is 0 Å². The van der Waals surface area contributed by atoms with E-state index in [1.165, 1.54) is 6.42 Å². The van der Waals surface area contributed by atoms with Gasteiger partial charge in [-0.3, -0.25) is 19.3 Å². The Balaban J connectivity index is 1.33. The molecule has 176 valence electrons. The summed E-state index contributed by atoms with van der Waals surface area (Å²) in [6.07, 6.45) is 5.95. The molecule has 3 atom stereocenters. The zero-order valence-corrected chi connectivity index (χ0v) is 19.6. The molecule has 1 saturated carbocycles. The van der Waals surface area contributed by atoms with Gasteiger partial charge in [-0.15, -0.1) is 0 Å². The Kier molecular flexibility index (Phi) is 8.28. The number of nitrogens with zero attached hydrogens (tertiary/aromatic N) is 1. The molecule has 1 aromatic carbocycles. The van der Waals surface area contributed by atoms with Gasteiger partial charge in [0.1, 0.15) is 5.84 Å². The van der Waals surface area contributed by atoms with E-state index in [0.29, 0.717) is 30.3 Å². The lowest BCUT2D eigenvalue weighted by Gasteiger charge is -2.30. The molecule has 1 aromatic rings. The van der Waals surface area contributed by atoms with Gasteiger partial charge in [-0.1, -0.05) is 38.3 Å². The quantitative estimate of drug-likeness (QED) is 0.432.